The first-order valence-electron chi connectivity index (χ1n) is 29.6. The fourth-order valence-corrected chi connectivity index (χ4v) is 9.16. The van der Waals surface area contributed by atoms with Crippen LogP contribution in [0.4, 0.5) is 0 Å². The minimum atomic E-state index is -0.849. The van der Waals surface area contributed by atoms with Crippen molar-refractivity contribution in [2.75, 3.05) is 13.2 Å². The number of rotatable bonds is 55. The number of unbranched alkanes of at least 4 members (excludes halogenated alkanes) is 42. The van der Waals surface area contributed by atoms with Crippen LogP contribution in [0.15, 0.2) is 24.3 Å². The van der Waals surface area contributed by atoms with Crippen LogP contribution in [0.25, 0.3) is 0 Å². The van der Waals surface area contributed by atoms with E-state index in [2.05, 4.69) is 31.3 Å². The zero-order chi connectivity index (χ0) is 47.9. The average molecular weight is 931 g/mol. The van der Waals surface area contributed by atoms with E-state index < -0.39 is 12.1 Å². The van der Waals surface area contributed by atoms with E-state index in [-0.39, 0.29) is 18.5 Å². The van der Waals surface area contributed by atoms with Crippen LogP contribution in [0.3, 0.4) is 0 Å². The molecule has 0 aromatic carbocycles. The molecule has 6 nitrogen and oxygen atoms in total. The Kier molecular flexibility index (Phi) is 54.5. The number of amides is 1. The average Bonchev–Trinajstić information content (AvgIpc) is 3.32. The van der Waals surface area contributed by atoms with Gasteiger partial charge in [-0.15, -0.1) is 0 Å². The second-order valence-corrected chi connectivity index (χ2v) is 20.3. The summed E-state index contributed by atoms with van der Waals surface area (Å²) in [5.74, 6) is -0.0779. The van der Waals surface area contributed by atoms with E-state index in [9.17, 15) is 19.8 Å². The summed E-state index contributed by atoms with van der Waals surface area (Å²) < 4.78 is 5.48. The molecule has 0 rings (SSSR count). The standard InChI is InChI=1S/C60H115NO5/c1-3-5-7-9-11-13-15-17-19-21-24-28-32-36-40-44-48-52-58(63)57(56-62)61-59(64)53-49-45-41-37-33-29-25-22-23-27-31-35-39-43-47-51-55-66-60(65)54-50-46-42-38-34-30-26-20-18-16-14-12-10-8-6-4-2/h20,26,48,52,57-58,62-63H,3-19,21-25,27-47,49-51,53-56H2,1-2H3,(H,61,64)/b26-20-,52-48+. The number of carbonyl (C=O) groups excluding carboxylic acids is 2. The van der Waals surface area contributed by atoms with Gasteiger partial charge in [0.25, 0.3) is 0 Å². The van der Waals surface area contributed by atoms with Gasteiger partial charge >= 0.3 is 5.97 Å². The Balaban J connectivity index is 3.45. The van der Waals surface area contributed by atoms with Crippen molar-refractivity contribution in [2.24, 2.45) is 0 Å². The van der Waals surface area contributed by atoms with Crippen LogP contribution in [0.1, 0.15) is 322 Å². The van der Waals surface area contributed by atoms with Crippen molar-refractivity contribution in [2.45, 2.75) is 334 Å². The van der Waals surface area contributed by atoms with Gasteiger partial charge < -0.3 is 20.3 Å². The first kappa shape index (κ1) is 64.3. The van der Waals surface area contributed by atoms with Gasteiger partial charge in [0.1, 0.15) is 0 Å². The Bertz CT molecular complexity index is 1030. The molecule has 0 spiro atoms. The van der Waals surface area contributed by atoms with E-state index in [0.29, 0.717) is 19.4 Å². The van der Waals surface area contributed by atoms with Gasteiger partial charge in [-0.05, 0) is 57.8 Å². The van der Waals surface area contributed by atoms with E-state index in [1.54, 1.807) is 6.08 Å². The molecule has 1 amide bonds. The molecule has 0 aliphatic heterocycles. The van der Waals surface area contributed by atoms with Crippen molar-refractivity contribution in [1.29, 1.82) is 0 Å². The van der Waals surface area contributed by atoms with Crippen LogP contribution in [0.5, 0.6) is 0 Å². The number of ether oxygens (including phenoxy) is 1. The molecule has 0 fully saturated rings. The predicted octanol–water partition coefficient (Wildman–Crippen LogP) is 18.2. The molecule has 0 aromatic heterocycles. The second-order valence-electron chi connectivity index (χ2n) is 20.3. The molecule has 3 N–H and O–H groups in total. The SMILES string of the molecule is CCCCCCCCC/C=C\CCCCCCCC(=O)OCCCCCCCCCCCCCCCCCCC(=O)NC(CO)C(O)/C=C/CCCCCCCCCCCCCCCCC. The summed E-state index contributed by atoms with van der Waals surface area (Å²) in [6.07, 6.45) is 67.7. The molecule has 0 saturated carbocycles. The minimum Gasteiger partial charge on any atom is -0.466 e. The van der Waals surface area contributed by atoms with Gasteiger partial charge in [0.05, 0.1) is 25.4 Å². The number of carbonyl (C=O) groups is 2. The number of aliphatic hydroxyl groups excluding tert-OH is 2. The molecule has 0 aliphatic carbocycles. The van der Waals surface area contributed by atoms with E-state index in [0.717, 1.165) is 44.9 Å². The summed E-state index contributed by atoms with van der Waals surface area (Å²) in [4.78, 5) is 24.5. The molecule has 0 radical (unpaired) electrons. The molecule has 0 aromatic rings. The van der Waals surface area contributed by atoms with Crippen molar-refractivity contribution in [3.63, 3.8) is 0 Å². The van der Waals surface area contributed by atoms with Gasteiger partial charge in [-0.2, -0.15) is 0 Å². The molecule has 390 valence electrons. The zero-order valence-electron chi connectivity index (χ0n) is 44.4. The molecule has 2 atom stereocenters. The lowest BCUT2D eigenvalue weighted by molar-refractivity contribution is -0.143. The molecule has 0 saturated heterocycles. The molecular weight excluding hydrogens is 815 g/mol. The highest BCUT2D eigenvalue weighted by Gasteiger charge is 2.18. The molecule has 0 bridgehead atoms. The summed E-state index contributed by atoms with van der Waals surface area (Å²) >= 11 is 0. The molecule has 6 heteroatoms. The summed E-state index contributed by atoms with van der Waals surface area (Å²) in [6, 6.07) is -0.633. The predicted molar refractivity (Wildman–Crippen MR) is 287 cm³/mol. The van der Waals surface area contributed by atoms with E-state index >= 15 is 0 Å². The first-order valence-corrected chi connectivity index (χ1v) is 29.6. The Hall–Kier alpha value is -1.66. The third-order valence-electron chi connectivity index (χ3n) is 13.7. The highest BCUT2D eigenvalue weighted by Crippen LogP contribution is 2.17. The highest BCUT2D eigenvalue weighted by molar-refractivity contribution is 5.76. The third kappa shape index (κ3) is 51.7. The maximum Gasteiger partial charge on any atom is 0.305 e. The second kappa shape index (κ2) is 55.9. The zero-order valence-corrected chi connectivity index (χ0v) is 44.4. The van der Waals surface area contributed by atoms with Crippen molar-refractivity contribution in [1.82, 2.24) is 5.32 Å². The number of aliphatic hydroxyl groups is 2. The number of hydrogen-bond acceptors (Lipinski definition) is 5. The Morgan fingerprint density at radius 3 is 1.08 bits per heavy atom. The van der Waals surface area contributed by atoms with Gasteiger partial charge in [-0.1, -0.05) is 276 Å². The largest absolute Gasteiger partial charge is 0.466 e. The van der Waals surface area contributed by atoms with Gasteiger partial charge in [-0.3, -0.25) is 9.59 Å². The molecular formula is C60H115NO5. The summed E-state index contributed by atoms with van der Waals surface area (Å²) in [5.41, 5.74) is 0. The minimum absolute atomic E-state index is 0.00487. The Morgan fingerprint density at radius 2 is 0.712 bits per heavy atom. The summed E-state index contributed by atoms with van der Waals surface area (Å²) in [7, 11) is 0. The molecule has 2 unspecified atom stereocenters. The topological polar surface area (TPSA) is 95.9 Å². The van der Waals surface area contributed by atoms with Crippen LogP contribution < -0.4 is 5.32 Å². The quantitative estimate of drug-likeness (QED) is 0.0321. The van der Waals surface area contributed by atoms with Crippen LogP contribution in [0.2, 0.25) is 0 Å². The number of nitrogens with one attached hydrogen (secondary N) is 1. The van der Waals surface area contributed by atoms with Crippen molar-refractivity contribution in [3.05, 3.63) is 24.3 Å². The smallest absolute Gasteiger partial charge is 0.305 e. The van der Waals surface area contributed by atoms with Gasteiger partial charge in [0, 0.05) is 12.8 Å². The van der Waals surface area contributed by atoms with Crippen molar-refractivity contribution >= 4 is 11.9 Å². The van der Waals surface area contributed by atoms with Crippen LogP contribution >= 0.6 is 0 Å². The fourth-order valence-electron chi connectivity index (χ4n) is 9.16. The molecule has 0 aliphatic rings. The monoisotopic (exact) mass is 930 g/mol. The van der Waals surface area contributed by atoms with Crippen LogP contribution in [-0.2, 0) is 14.3 Å². The first-order chi connectivity index (χ1) is 32.5. The lowest BCUT2D eigenvalue weighted by atomic mass is 10.0. The number of allylic oxidation sites excluding steroid dienone is 3. The van der Waals surface area contributed by atoms with E-state index in [4.69, 9.17) is 4.74 Å². The third-order valence-corrected chi connectivity index (χ3v) is 13.7. The number of esters is 1. The molecule has 0 heterocycles. The maximum atomic E-state index is 12.5. The molecule has 66 heavy (non-hydrogen) atoms. The normalized spacial score (nSPS) is 12.7. The number of hydrogen-bond donors (Lipinski definition) is 3. The van der Waals surface area contributed by atoms with Crippen LogP contribution in [0, 0.1) is 0 Å². The van der Waals surface area contributed by atoms with Crippen molar-refractivity contribution in [3.8, 4) is 0 Å². The van der Waals surface area contributed by atoms with E-state index in [1.807, 2.05) is 6.08 Å². The lowest BCUT2D eigenvalue weighted by Gasteiger charge is -2.20. The highest BCUT2D eigenvalue weighted by atomic mass is 16.5. The Labute approximate surface area is 411 Å². The van der Waals surface area contributed by atoms with Crippen LogP contribution in [-0.4, -0.2) is 47.4 Å². The van der Waals surface area contributed by atoms with E-state index in [1.165, 1.54) is 250 Å². The van der Waals surface area contributed by atoms with Gasteiger partial charge in [0.15, 0.2) is 0 Å². The summed E-state index contributed by atoms with van der Waals surface area (Å²) in [6.45, 7) is 4.90. The lowest BCUT2D eigenvalue weighted by Crippen LogP contribution is -2.45. The van der Waals surface area contributed by atoms with Crippen molar-refractivity contribution < 1.29 is 24.5 Å². The Morgan fingerprint density at radius 1 is 0.409 bits per heavy atom. The summed E-state index contributed by atoms with van der Waals surface area (Å²) in [5, 5.41) is 23.1. The van der Waals surface area contributed by atoms with Gasteiger partial charge in [0.2, 0.25) is 5.91 Å². The fraction of sp³-hybridized carbons (Fsp3) is 0.900. The maximum absolute atomic E-state index is 12.5. The van der Waals surface area contributed by atoms with Gasteiger partial charge in [-0.25, -0.2) is 0 Å².